The zero-order valence-corrected chi connectivity index (χ0v) is 20.1. The van der Waals surface area contributed by atoms with Gasteiger partial charge in [-0.25, -0.2) is 0 Å². The Morgan fingerprint density at radius 3 is 2.33 bits per heavy atom. The van der Waals surface area contributed by atoms with Crippen LogP contribution >= 0.6 is 0 Å². The minimum Gasteiger partial charge on any atom is -0.492 e. The molecule has 0 spiro atoms. The molecule has 2 aromatic carbocycles. The first-order valence-corrected chi connectivity index (χ1v) is 11.2. The van der Waals surface area contributed by atoms with Crippen LogP contribution < -0.4 is 30.0 Å². The van der Waals surface area contributed by atoms with Crippen molar-refractivity contribution in [2.24, 2.45) is 11.7 Å². The van der Waals surface area contributed by atoms with Crippen molar-refractivity contribution in [3.8, 4) is 28.7 Å². The van der Waals surface area contributed by atoms with Gasteiger partial charge in [-0.2, -0.15) is 0 Å². The maximum absolute atomic E-state index is 13.3. The van der Waals surface area contributed by atoms with E-state index >= 15 is 0 Å². The van der Waals surface area contributed by atoms with Gasteiger partial charge in [-0.3, -0.25) is 4.79 Å². The van der Waals surface area contributed by atoms with Crippen molar-refractivity contribution in [3.05, 3.63) is 41.5 Å². The molecule has 33 heavy (non-hydrogen) atoms. The average Bonchev–Trinajstić information content (AvgIpc) is 2.81. The van der Waals surface area contributed by atoms with Gasteiger partial charge in [0, 0.05) is 18.7 Å². The van der Waals surface area contributed by atoms with Crippen molar-refractivity contribution in [3.63, 3.8) is 0 Å². The summed E-state index contributed by atoms with van der Waals surface area (Å²) in [5, 5.41) is 3.17. The van der Waals surface area contributed by atoms with E-state index in [-0.39, 0.29) is 11.9 Å². The number of hydrogen-bond acceptors (Lipinski definition) is 7. The number of methoxy groups -OCH3 is 3. The van der Waals surface area contributed by atoms with Crippen LogP contribution in [0.1, 0.15) is 29.3 Å². The Balaban J connectivity index is 1.94. The Morgan fingerprint density at radius 2 is 1.76 bits per heavy atom. The maximum Gasteiger partial charge on any atom is 0.255 e. The van der Waals surface area contributed by atoms with Crippen molar-refractivity contribution in [2.45, 2.75) is 25.8 Å². The second-order valence-corrected chi connectivity index (χ2v) is 8.41. The summed E-state index contributed by atoms with van der Waals surface area (Å²) in [6.45, 7) is 4.60. The molecule has 2 aromatic rings. The molecular weight excluding hydrogens is 422 g/mol. The van der Waals surface area contributed by atoms with E-state index in [4.69, 9.17) is 24.7 Å². The summed E-state index contributed by atoms with van der Waals surface area (Å²) >= 11 is 0. The summed E-state index contributed by atoms with van der Waals surface area (Å²) < 4.78 is 22.8. The fraction of sp³-hybridized carbons (Fsp3) is 0.480. The summed E-state index contributed by atoms with van der Waals surface area (Å²) in [7, 11) is 6.63. The standard InChI is InChI=1S/C25H35N3O5/c1-16-15-28(2)13-11-20(16)27-25(29)19-14-21(23(31-4)24(32-5)22(19)30-3)33-18-8-6-17(7-9-18)10-12-26/h6-9,14,16,20H,10-13,15,26H2,1-5H3,(H,27,29)/t16-,20-/m1/s1. The smallest absolute Gasteiger partial charge is 0.255 e. The topological polar surface area (TPSA) is 95.3 Å². The van der Waals surface area contributed by atoms with Gasteiger partial charge < -0.3 is 34.9 Å². The molecule has 0 aliphatic carbocycles. The van der Waals surface area contributed by atoms with E-state index in [2.05, 4.69) is 24.2 Å². The number of amides is 1. The first kappa shape index (κ1) is 24.7. The van der Waals surface area contributed by atoms with Crippen LogP contribution in [0.2, 0.25) is 0 Å². The van der Waals surface area contributed by atoms with Crippen molar-refractivity contribution < 1.29 is 23.7 Å². The first-order chi connectivity index (χ1) is 15.9. The van der Waals surface area contributed by atoms with Gasteiger partial charge in [-0.05, 0) is 56.6 Å². The summed E-state index contributed by atoms with van der Waals surface area (Å²) in [4.78, 5) is 15.6. The highest BCUT2D eigenvalue weighted by atomic mass is 16.5. The molecule has 8 heteroatoms. The minimum atomic E-state index is -0.239. The fourth-order valence-electron chi connectivity index (χ4n) is 4.26. The third kappa shape index (κ3) is 5.69. The molecule has 1 saturated heterocycles. The molecule has 3 N–H and O–H groups in total. The van der Waals surface area contributed by atoms with E-state index in [1.54, 1.807) is 6.07 Å². The number of benzene rings is 2. The largest absolute Gasteiger partial charge is 0.492 e. The van der Waals surface area contributed by atoms with Crippen molar-refractivity contribution in [1.82, 2.24) is 10.2 Å². The second-order valence-electron chi connectivity index (χ2n) is 8.41. The van der Waals surface area contributed by atoms with Gasteiger partial charge in [0.15, 0.2) is 11.5 Å². The average molecular weight is 458 g/mol. The molecule has 3 rings (SSSR count). The lowest BCUT2D eigenvalue weighted by Crippen LogP contribution is -2.48. The van der Waals surface area contributed by atoms with Crippen LogP contribution in [0, 0.1) is 5.92 Å². The van der Waals surface area contributed by atoms with Crippen LogP contribution in [0.4, 0.5) is 0 Å². The SMILES string of the molecule is COc1c(Oc2ccc(CCN)cc2)cc(C(=O)N[C@@H]2CCN(C)C[C@H]2C)c(OC)c1OC. The van der Waals surface area contributed by atoms with Crippen molar-refractivity contribution in [1.29, 1.82) is 0 Å². The van der Waals surface area contributed by atoms with Gasteiger partial charge in [-0.15, -0.1) is 0 Å². The van der Waals surface area contributed by atoms with E-state index < -0.39 is 0 Å². The molecule has 0 radical (unpaired) electrons. The summed E-state index contributed by atoms with van der Waals surface area (Å²) in [5.41, 5.74) is 7.08. The molecule has 1 fully saturated rings. The minimum absolute atomic E-state index is 0.0750. The number of nitrogens with two attached hydrogens (primary N) is 1. The Kier molecular flexibility index (Phi) is 8.41. The number of hydrogen-bond donors (Lipinski definition) is 2. The molecule has 0 unspecified atom stereocenters. The number of carbonyl (C=O) groups excluding carboxylic acids is 1. The number of piperidine rings is 1. The zero-order chi connectivity index (χ0) is 24.0. The highest BCUT2D eigenvalue weighted by Crippen LogP contribution is 2.48. The lowest BCUT2D eigenvalue weighted by Gasteiger charge is -2.35. The molecular formula is C25H35N3O5. The predicted molar refractivity (Wildman–Crippen MR) is 128 cm³/mol. The molecule has 0 aromatic heterocycles. The third-order valence-corrected chi connectivity index (χ3v) is 6.02. The summed E-state index contributed by atoms with van der Waals surface area (Å²) in [5.74, 6) is 2.03. The Hall–Kier alpha value is -2.97. The van der Waals surface area contributed by atoms with E-state index in [9.17, 15) is 4.79 Å². The second kappa shape index (κ2) is 11.2. The monoisotopic (exact) mass is 457 g/mol. The fourth-order valence-corrected chi connectivity index (χ4v) is 4.26. The summed E-state index contributed by atoms with van der Waals surface area (Å²) in [6, 6.07) is 9.37. The number of rotatable bonds is 9. The Labute approximate surface area is 195 Å². The summed E-state index contributed by atoms with van der Waals surface area (Å²) in [6.07, 6.45) is 1.68. The number of nitrogens with zero attached hydrogens (tertiary/aromatic N) is 1. The highest BCUT2D eigenvalue weighted by Gasteiger charge is 2.30. The molecule has 1 amide bonds. The molecule has 1 aliphatic rings. The normalized spacial score (nSPS) is 18.5. The van der Waals surface area contributed by atoms with Gasteiger partial charge in [0.1, 0.15) is 5.75 Å². The number of carbonyl (C=O) groups is 1. The Bertz CT molecular complexity index is 948. The molecule has 0 saturated carbocycles. The van der Waals surface area contributed by atoms with Crippen molar-refractivity contribution >= 4 is 5.91 Å². The molecule has 2 atom stereocenters. The van der Waals surface area contributed by atoms with Crippen LogP contribution in [-0.2, 0) is 6.42 Å². The molecule has 8 nitrogen and oxygen atoms in total. The Morgan fingerprint density at radius 1 is 1.09 bits per heavy atom. The zero-order valence-electron chi connectivity index (χ0n) is 20.1. The van der Waals surface area contributed by atoms with Gasteiger partial charge >= 0.3 is 0 Å². The predicted octanol–water partition coefficient (Wildman–Crippen LogP) is 3.08. The van der Waals surface area contributed by atoms with Crippen LogP contribution in [0.3, 0.4) is 0 Å². The molecule has 0 bridgehead atoms. The van der Waals surface area contributed by atoms with Gasteiger partial charge in [0.25, 0.3) is 5.91 Å². The van der Waals surface area contributed by atoms with Crippen molar-refractivity contribution in [2.75, 3.05) is 48.0 Å². The van der Waals surface area contributed by atoms with Crippen LogP contribution in [0.5, 0.6) is 28.7 Å². The third-order valence-electron chi connectivity index (χ3n) is 6.02. The lowest BCUT2D eigenvalue weighted by atomic mass is 9.94. The lowest BCUT2D eigenvalue weighted by molar-refractivity contribution is 0.0879. The van der Waals surface area contributed by atoms with Gasteiger partial charge in [0.2, 0.25) is 11.5 Å². The van der Waals surface area contributed by atoms with E-state index in [0.29, 0.717) is 46.8 Å². The van der Waals surface area contributed by atoms with Gasteiger partial charge in [-0.1, -0.05) is 19.1 Å². The molecule has 180 valence electrons. The van der Waals surface area contributed by atoms with E-state index in [1.165, 1.54) is 21.3 Å². The number of likely N-dealkylation sites (tertiary alicyclic amines) is 1. The molecule has 1 aliphatic heterocycles. The van der Waals surface area contributed by atoms with Gasteiger partial charge in [0.05, 0.1) is 26.9 Å². The van der Waals surface area contributed by atoms with E-state index in [1.807, 2.05) is 24.3 Å². The quantitative estimate of drug-likeness (QED) is 0.597. The first-order valence-electron chi connectivity index (χ1n) is 11.2. The number of nitrogens with one attached hydrogen (secondary N) is 1. The highest BCUT2D eigenvalue weighted by molar-refractivity contribution is 5.99. The van der Waals surface area contributed by atoms with E-state index in [0.717, 1.165) is 31.5 Å². The maximum atomic E-state index is 13.3. The van der Waals surface area contributed by atoms with Crippen LogP contribution in [0.15, 0.2) is 30.3 Å². The van der Waals surface area contributed by atoms with Crippen LogP contribution in [0.25, 0.3) is 0 Å². The van der Waals surface area contributed by atoms with Crippen LogP contribution in [-0.4, -0.2) is 64.9 Å². The number of ether oxygens (including phenoxy) is 4. The molecule has 1 heterocycles.